The second-order valence-corrected chi connectivity index (χ2v) is 10.8. The monoisotopic (exact) mass is 582 g/mol. The number of aromatic nitrogens is 2. The van der Waals surface area contributed by atoms with Gasteiger partial charge in [-0.25, -0.2) is 21.2 Å². The minimum absolute atomic E-state index is 0.00794. The topological polar surface area (TPSA) is 181 Å². The lowest BCUT2D eigenvalue weighted by molar-refractivity contribution is -0.120. The van der Waals surface area contributed by atoms with Crippen LogP contribution in [0.15, 0.2) is 71.6 Å². The lowest BCUT2D eigenvalue weighted by Gasteiger charge is -2.21. The molecule has 2 heterocycles. The van der Waals surface area contributed by atoms with E-state index in [1.54, 1.807) is 42.5 Å². The van der Waals surface area contributed by atoms with Crippen molar-refractivity contribution in [2.24, 2.45) is 5.84 Å². The first kappa shape index (κ1) is 27.1. The average Bonchev–Trinajstić information content (AvgIpc) is 3.37. The average molecular weight is 583 g/mol. The number of para-hydroxylation sites is 2. The van der Waals surface area contributed by atoms with Crippen LogP contribution in [0.3, 0.4) is 0 Å². The number of nitrogens with two attached hydrogens (primary N) is 1. The Labute approximate surface area is 233 Å². The molecule has 5 rings (SSSR count). The van der Waals surface area contributed by atoms with Crippen LogP contribution in [0.25, 0.3) is 11.0 Å². The molecule has 1 aliphatic rings. The van der Waals surface area contributed by atoms with Crippen molar-refractivity contribution < 1.29 is 22.7 Å². The number of sulfonamides is 1. The Morgan fingerprint density at radius 1 is 1.10 bits per heavy atom. The lowest BCUT2D eigenvalue weighted by atomic mass is 10.2. The zero-order chi connectivity index (χ0) is 28.4. The van der Waals surface area contributed by atoms with Gasteiger partial charge in [-0.05, 0) is 42.5 Å². The van der Waals surface area contributed by atoms with Gasteiger partial charge in [0.25, 0.3) is 21.8 Å². The van der Waals surface area contributed by atoms with Gasteiger partial charge in [0.15, 0.2) is 5.82 Å². The minimum atomic E-state index is -4.45. The van der Waals surface area contributed by atoms with E-state index in [-0.39, 0.29) is 28.6 Å². The summed E-state index contributed by atoms with van der Waals surface area (Å²) in [4.78, 5) is 33.2. The number of hydrogen-bond acceptors (Lipinski definition) is 10. The summed E-state index contributed by atoms with van der Waals surface area (Å²) < 4.78 is 33.1. The zero-order valence-electron chi connectivity index (χ0n) is 20.9. The number of nitrogens with one attached hydrogen (secondary N) is 4. The molecule has 0 spiro atoms. The second kappa shape index (κ2) is 10.9. The first-order valence-corrected chi connectivity index (χ1v) is 13.6. The summed E-state index contributed by atoms with van der Waals surface area (Å²) in [5, 5.41) is 5.87. The van der Waals surface area contributed by atoms with Gasteiger partial charge < -0.3 is 15.4 Å². The first-order valence-electron chi connectivity index (χ1n) is 11.8. The molecule has 2 amide bonds. The van der Waals surface area contributed by atoms with Crippen LogP contribution in [-0.2, 0) is 14.8 Å². The van der Waals surface area contributed by atoms with E-state index < -0.39 is 27.9 Å². The maximum atomic E-state index is 13.7. The quantitative estimate of drug-likeness (QED) is 0.152. The van der Waals surface area contributed by atoms with Crippen molar-refractivity contribution in [1.29, 1.82) is 0 Å². The number of carbonyl (C=O) groups excluding carboxylic acids is 2. The van der Waals surface area contributed by atoms with Crippen LogP contribution in [0.4, 0.5) is 17.3 Å². The van der Waals surface area contributed by atoms with Crippen molar-refractivity contribution in [3.05, 3.63) is 77.3 Å². The van der Waals surface area contributed by atoms with Crippen molar-refractivity contribution in [1.82, 2.24) is 26.1 Å². The van der Waals surface area contributed by atoms with Crippen LogP contribution in [0, 0.1) is 0 Å². The molecule has 40 heavy (non-hydrogen) atoms. The number of hydrazine groups is 2. The van der Waals surface area contributed by atoms with E-state index in [0.717, 1.165) is 6.07 Å². The van der Waals surface area contributed by atoms with Crippen molar-refractivity contribution in [2.45, 2.75) is 10.9 Å². The van der Waals surface area contributed by atoms with Gasteiger partial charge in [-0.15, -0.1) is 0 Å². The molecule has 15 heteroatoms. The van der Waals surface area contributed by atoms with Gasteiger partial charge in [0.2, 0.25) is 5.82 Å². The second-order valence-electron chi connectivity index (χ2n) is 8.58. The normalized spacial score (nSPS) is 15.0. The molecule has 13 nitrogen and oxygen atoms in total. The van der Waals surface area contributed by atoms with Crippen LogP contribution in [0.5, 0.6) is 5.75 Å². The number of amides is 2. The Bertz CT molecular complexity index is 1740. The highest BCUT2D eigenvalue weighted by atomic mass is 35.5. The molecule has 6 N–H and O–H groups in total. The number of benzene rings is 3. The molecular weight excluding hydrogens is 560 g/mol. The number of carbonyl (C=O) groups is 2. The molecule has 0 saturated carbocycles. The zero-order valence-corrected chi connectivity index (χ0v) is 22.5. The van der Waals surface area contributed by atoms with E-state index in [9.17, 15) is 18.0 Å². The van der Waals surface area contributed by atoms with Gasteiger partial charge in [-0.3, -0.25) is 15.0 Å². The molecule has 1 aliphatic heterocycles. The fourth-order valence-electron chi connectivity index (χ4n) is 3.89. The molecule has 0 aliphatic carbocycles. The summed E-state index contributed by atoms with van der Waals surface area (Å²) in [6.45, 7) is 0.187. The van der Waals surface area contributed by atoms with E-state index in [2.05, 4.69) is 31.5 Å². The van der Waals surface area contributed by atoms with E-state index in [1.807, 2.05) is 0 Å². The standard InChI is InChI=1S/C25H23ClN8O5S/c1-39-15-9-10-17(26)20(12-15)30-22-23(31-19-8-3-2-7-18(19)29-22)34(27)40(37,38)16-6-4-5-14(11-16)24(35)32-21-13-28-33-25(21)36/h2-12,21,28H,13,27H2,1H3,(H,29,30)(H,32,35)(H,33,36). The molecule has 206 valence electrons. The number of methoxy groups -OCH3 is 1. The predicted octanol–water partition coefficient (Wildman–Crippen LogP) is 1.84. The fraction of sp³-hybridized carbons (Fsp3) is 0.120. The van der Waals surface area contributed by atoms with Gasteiger partial charge in [0, 0.05) is 18.2 Å². The van der Waals surface area contributed by atoms with E-state index in [0.29, 0.717) is 31.9 Å². The summed E-state index contributed by atoms with van der Waals surface area (Å²) in [7, 11) is -2.96. The van der Waals surface area contributed by atoms with Crippen LogP contribution in [-0.4, -0.2) is 49.9 Å². The van der Waals surface area contributed by atoms with E-state index in [1.165, 1.54) is 25.3 Å². The molecular formula is C25H23ClN8O5S. The van der Waals surface area contributed by atoms with Crippen LogP contribution < -0.4 is 36.5 Å². The Morgan fingerprint density at radius 2 is 1.85 bits per heavy atom. The smallest absolute Gasteiger partial charge is 0.279 e. The highest BCUT2D eigenvalue weighted by molar-refractivity contribution is 7.92. The Hall–Kier alpha value is -4.50. The van der Waals surface area contributed by atoms with Gasteiger partial charge in [0.05, 0.1) is 33.7 Å². The molecule has 3 aromatic carbocycles. The predicted molar refractivity (Wildman–Crippen MR) is 149 cm³/mol. The molecule has 0 radical (unpaired) electrons. The van der Waals surface area contributed by atoms with Crippen molar-refractivity contribution in [3.63, 3.8) is 0 Å². The van der Waals surface area contributed by atoms with Crippen molar-refractivity contribution in [3.8, 4) is 5.75 Å². The summed E-state index contributed by atoms with van der Waals surface area (Å²) in [5.41, 5.74) is 6.26. The van der Waals surface area contributed by atoms with Crippen molar-refractivity contribution >= 4 is 61.8 Å². The summed E-state index contributed by atoms with van der Waals surface area (Å²) >= 11 is 6.36. The van der Waals surface area contributed by atoms with Crippen LogP contribution in [0.1, 0.15) is 10.4 Å². The summed E-state index contributed by atoms with van der Waals surface area (Å²) in [6.07, 6.45) is 0. The highest BCUT2D eigenvalue weighted by Gasteiger charge is 2.29. The molecule has 1 atom stereocenters. The maximum Gasteiger partial charge on any atom is 0.279 e. The molecule has 4 aromatic rings. The Kier molecular flexibility index (Phi) is 7.40. The minimum Gasteiger partial charge on any atom is -0.497 e. The van der Waals surface area contributed by atoms with Gasteiger partial charge >= 0.3 is 0 Å². The summed E-state index contributed by atoms with van der Waals surface area (Å²) in [6, 6.07) is 16.2. The van der Waals surface area contributed by atoms with Gasteiger partial charge in [0.1, 0.15) is 11.8 Å². The van der Waals surface area contributed by atoms with Crippen molar-refractivity contribution in [2.75, 3.05) is 23.4 Å². The molecule has 1 saturated heterocycles. The number of rotatable bonds is 8. The SMILES string of the molecule is COc1ccc(Cl)c(Nc2nc3ccccc3nc2N(N)S(=O)(=O)c2cccc(C(=O)NC3CNNC3=O)c2)c1. The number of hydrogen-bond donors (Lipinski definition) is 5. The van der Waals surface area contributed by atoms with E-state index in [4.69, 9.17) is 22.2 Å². The Morgan fingerprint density at radius 3 is 2.55 bits per heavy atom. The van der Waals surface area contributed by atoms with Crippen LogP contribution in [0.2, 0.25) is 5.02 Å². The number of nitrogens with zero attached hydrogens (tertiary/aromatic N) is 3. The number of anilines is 3. The molecule has 0 bridgehead atoms. The summed E-state index contributed by atoms with van der Waals surface area (Å²) in [5.74, 6) is 5.45. The van der Waals surface area contributed by atoms with Gasteiger partial charge in [-0.1, -0.05) is 29.8 Å². The molecule has 1 unspecified atom stereocenters. The Balaban J connectivity index is 1.52. The fourth-order valence-corrected chi connectivity index (χ4v) is 5.16. The number of fused-ring (bicyclic) bond motifs is 1. The van der Waals surface area contributed by atoms with Gasteiger partial charge in [-0.2, -0.15) is 12.8 Å². The highest BCUT2D eigenvalue weighted by Crippen LogP contribution is 2.34. The maximum absolute atomic E-state index is 13.7. The number of halogens is 1. The van der Waals surface area contributed by atoms with Crippen LogP contribution >= 0.6 is 11.6 Å². The molecule has 1 aromatic heterocycles. The third kappa shape index (κ3) is 5.33. The largest absolute Gasteiger partial charge is 0.497 e. The van der Waals surface area contributed by atoms with E-state index >= 15 is 0 Å². The first-order chi connectivity index (χ1) is 19.2. The number of ether oxygens (including phenoxy) is 1. The molecule has 1 fully saturated rings. The third-order valence-corrected chi connectivity index (χ3v) is 7.85. The third-order valence-electron chi connectivity index (χ3n) is 5.98. The lowest BCUT2D eigenvalue weighted by Crippen LogP contribution is -2.42.